The predicted molar refractivity (Wildman–Crippen MR) is 97.1 cm³/mol. The number of aryl methyl sites for hydroxylation is 1. The zero-order valence-electron chi connectivity index (χ0n) is 13.5. The van der Waals surface area contributed by atoms with E-state index in [1.165, 1.54) is 0 Å². The molecular formula is C19H19BrN2O2. The highest BCUT2D eigenvalue weighted by molar-refractivity contribution is 9.10. The molecule has 2 aromatic carbocycles. The fraction of sp³-hybridized carbons (Fsp3) is 0.263. The molecule has 2 amide bonds. The van der Waals surface area contributed by atoms with Gasteiger partial charge in [0.2, 0.25) is 0 Å². The number of benzene rings is 2. The van der Waals surface area contributed by atoms with Crippen molar-refractivity contribution in [3.63, 3.8) is 0 Å². The molecular weight excluding hydrogens is 368 g/mol. The highest BCUT2D eigenvalue weighted by Gasteiger charge is 2.26. The summed E-state index contributed by atoms with van der Waals surface area (Å²) in [6.45, 7) is 4.17. The lowest BCUT2D eigenvalue weighted by molar-refractivity contribution is 0.0534. The summed E-state index contributed by atoms with van der Waals surface area (Å²) in [5.41, 5.74) is 2.38. The van der Waals surface area contributed by atoms with E-state index in [-0.39, 0.29) is 11.8 Å². The molecule has 0 aromatic heterocycles. The molecule has 0 saturated carbocycles. The van der Waals surface area contributed by atoms with Crippen molar-refractivity contribution in [2.75, 3.05) is 26.2 Å². The van der Waals surface area contributed by atoms with Crippen LogP contribution in [0.4, 0.5) is 0 Å². The molecule has 0 spiro atoms. The van der Waals surface area contributed by atoms with Gasteiger partial charge in [0, 0.05) is 36.2 Å². The zero-order valence-corrected chi connectivity index (χ0v) is 15.1. The molecule has 0 atom stereocenters. The summed E-state index contributed by atoms with van der Waals surface area (Å²) in [5, 5.41) is 0. The Labute approximate surface area is 150 Å². The standard InChI is InChI=1S/C19H19BrN2O2/c1-14-6-2-3-7-15(14)18(23)21-10-12-22(13-11-21)19(24)16-8-4-5-9-17(16)20/h2-9H,10-13H2,1H3. The molecule has 124 valence electrons. The summed E-state index contributed by atoms with van der Waals surface area (Å²) in [6.07, 6.45) is 0. The van der Waals surface area contributed by atoms with E-state index in [1.54, 1.807) is 0 Å². The van der Waals surface area contributed by atoms with Crippen LogP contribution in [0.25, 0.3) is 0 Å². The minimum absolute atomic E-state index is 0.00506. The van der Waals surface area contributed by atoms with Gasteiger partial charge >= 0.3 is 0 Å². The molecule has 1 aliphatic heterocycles. The number of amides is 2. The Morgan fingerprint density at radius 2 is 1.25 bits per heavy atom. The van der Waals surface area contributed by atoms with Crippen LogP contribution in [0.1, 0.15) is 26.3 Å². The predicted octanol–water partition coefficient (Wildman–Crippen LogP) is 3.36. The van der Waals surface area contributed by atoms with Crippen molar-refractivity contribution in [2.24, 2.45) is 0 Å². The fourth-order valence-electron chi connectivity index (χ4n) is 2.90. The highest BCUT2D eigenvalue weighted by atomic mass is 79.9. The quantitative estimate of drug-likeness (QED) is 0.793. The van der Waals surface area contributed by atoms with Crippen LogP contribution in [0.15, 0.2) is 53.0 Å². The Morgan fingerprint density at radius 1 is 0.792 bits per heavy atom. The SMILES string of the molecule is Cc1ccccc1C(=O)N1CCN(C(=O)c2ccccc2Br)CC1. The van der Waals surface area contributed by atoms with Crippen molar-refractivity contribution < 1.29 is 9.59 Å². The molecule has 2 aromatic rings. The number of hydrogen-bond acceptors (Lipinski definition) is 2. The van der Waals surface area contributed by atoms with Crippen LogP contribution in [0.3, 0.4) is 0 Å². The molecule has 0 radical (unpaired) electrons. The minimum atomic E-state index is 0.00506. The summed E-state index contributed by atoms with van der Waals surface area (Å²) in [7, 11) is 0. The summed E-state index contributed by atoms with van der Waals surface area (Å²) < 4.78 is 0.799. The normalized spacial score (nSPS) is 14.6. The van der Waals surface area contributed by atoms with Crippen molar-refractivity contribution in [3.05, 3.63) is 69.7 Å². The summed E-state index contributed by atoms with van der Waals surface area (Å²) >= 11 is 3.43. The van der Waals surface area contributed by atoms with Gasteiger partial charge in [-0.05, 0) is 46.6 Å². The first-order chi connectivity index (χ1) is 11.6. The van der Waals surface area contributed by atoms with Gasteiger partial charge in [-0.25, -0.2) is 0 Å². The maximum absolute atomic E-state index is 12.6. The van der Waals surface area contributed by atoms with Gasteiger partial charge in [-0.15, -0.1) is 0 Å². The monoisotopic (exact) mass is 386 g/mol. The molecule has 5 heteroatoms. The molecule has 0 bridgehead atoms. The Morgan fingerprint density at radius 3 is 1.79 bits per heavy atom. The number of halogens is 1. The van der Waals surface area contributed by atoms with E-state index >= 15 is 0 Å². The van der Waals surface area contributed by atoms with Crippen LogP contribution in [0, 0.1) is 6.92 Å². The molecule has 0 aliphatic carbocycles. The van der Waals surface area contributed by atoms with Crippen LogP contribution in [-0.4, -0.2) is 47.8 Å². The number of hydrogen-bond donors (Lipinski definition) is 0. The van der Waals surface area contributed by atoms with Crippen molar-refractivity contribution in [1.82, 2.24) is 9.80 Å². The third-order valence-corrected chi connectivity index (χ3v) is 5.03. The molecule has 0 unspecified atom stereocenters. The Bertz CT molecular complexity index is 702. The first kappa shape index (κ1) is 16.7. The van der Waals surface area contributed by atoms with E-state index in [0.29, 0.717) is 31.7 Å². The van der Waals surface area contributed by atoms with E-state index in [9.17, 15) is 9.59 Å². The maximum atomic E-state index is 12.6. The smallest absolute Gasteiger partial charge is 0.255 e. The Kier molecular flexibility index (Phi) is 5.00. The van der Waals surface area contributed by atoms with Gasteiger partial charge in [-0.2, -0.15) is 0 Å². The largest absolute Gasteiger partial charge is 0.335 e. The second-order valence-corrected chi connectivity index (χ2v) is 6.73. The van der Waals surface area contributed by atoms with Crippen molar-refractivity contribution in [1.29, 1.82) is 0 Å². The number of rotatable bonds is 2. The van der Waals surface area contributed by atoms with E-state index in [2.05, 4.69) is 15.9 Å². The average molecular weight is 387 g/mol. The minimum Gasteiger partial charge on any atom is -0.335 e. The van der Waals surface area contributed by atoms with Gasteiger partial charge in [0.15, 0.2) is 0 Å². The lowest BCUT2D eigenvalue weighted by Gasteiger charge is -2.35. The molecule has 24 heavy (non-hydrogen) atoms. The van der Waals surface area contributed by atoms with Gasteiger partial charge < -0.3 is 9.80 Å². The average Bonchev–Trinajstić information content (AvgIpc) is 2.61. The van der Waals surface area contributed by atoms with Crippen molar-refractivity contribution in [3.8, 4) is 0 Å². The van der Waals surface area contributed by atoms with Crippen LogP contribution in [-0.2, 0) is 0 Å². The van der Waals surface area contributed by atoms with E-state index < -0.39 is 0 Å². The molecule has 3 rings (SSSR count). The third-order valence-electron chi connectivity index (χ3n) is 4.33. The van der Waals surface area contributed by atoms with Crippen LogP contribution in [0.5, 0.6) is 0 Å². The number of nitrogens with zero attached hydrogens (tertiary/aromatic N) is 2. The molecule has 4 nitrogen and oxygen atoms in total. The first-order valence-corrected chi connectivity index (χ1v) is 8.76. The van der Waals surface area contributed by atoms with E-state index in [0.717, 1.165) is 15.6 Å². The lowest BCUT2D eigenvalue weighted by Crippen LogP contribution is -2.50. The van der Waals surface area contributed by atoms with Crippen LogP contribution < -0.4 is 0 Å². The highest BCUT2D eigenvalue weighted by Crippen LogP contribution is 2.19. The Balaban J connectivity index is 1.66. The van der Waals surface area contributed by atoms with Gasteiger partial charge in [0.1, 0.15) is 0 Å². The Hall–Kier alpha value is -2.14. The van der Waals surface area contributed by atoms with Crippen LogP contribution >= 0.6 is 15.9 Å². The summed E-state index contributed by atoms with van der Waals surface area (Å²) in [4.78, 5) is 28.9. The van der Waals surface area contributed by atoms with Crippen LogP contribution in [0.2, 0.25) is 0 Å². The molecule has 1 heterocycles. The summed E-state index contributed by atoms with van der Waals surface area (Å²) in [6, 6.07) is 15.0. The second-order valence-electron chi connectivity index (χ2n) is 5.88. The van der Waals surface area contributed by atoms with Gasteiger partial charge in [0.25, 0.3) is 11.8 Å². The van der Waals surface area contributed by atoms with Gasteiger partial charge in [-0.1, -0.05) is 30.3 Å². The van der Waals surface area contributed by atoms with Gasteiger partial charge in [-0.3, -0.25) is 9.59 Å². The van der Waals surface area contributed by atoms with E-state index in [1.807, 2.05) is 65.3 Å². The lowest BCUT2D eigenvalue weighted by atomic mass is 10.1. The fourth-order valence-corrected chi connectivity index (χ4v) is 3.36. The van der Waals surface area contributed by atoms with E-state index in [4.69, 9.17) is 0 Å². The second kappa shape index (κ2) is 7.18. The molecule has 1 aliphatic rings. The number of piperazine rings is 1. The summed E-state index contributed by atoms with van der Waals surface area (Å²) in [5.74, 6) is 0.0477. The molecule has 1 fully saturated rings. The van der Waals surface area contributed by atoms with Crippen molar-refractivity contribution >= 4 is 27.7 Å². The maximum Gasteiger partial charge on any atom is 0.255 e. The molecule has 0 N–H and O–H groups in total. The first-order valence-electron chi connectivity index (χ1n) is 7.96. The zero-order chi connectivity index (χ0) is 17.1. The molecule has 1 saturated heterocycles. The number of carbonyl (C=O) groups excluding carboxylic acids is 2. The van der Waals surface area contributed by atoms with Crippen molar-refractivity contribution in [2.45, 2.75) is 6.92 Å². The topological polar surface area (TPSA) is 40.6 Å². The van der Waals surface area contributed by atoms with Gasteiger partial charge in [0.05, 0.1) is 5.56 Å². The number of carbonyl (C=O) groups is 2. The third kappa shape index (κ3) is 3.36.